The van der Waals surface area contributed by atoms with E-state index in [-0.39, 0.29) is 37.4 Å². The average molecular weight is 156 g/mol. The van der Waals surface area contributed by atoms with Gasteiger partial charge in [0.05, 0.1) is 14.2 Å². The Morgan fingerprint density at radius 1 is 1.20 bits per heavy atom. The molecule has 0 amide bonds. The summed E-state index contributed by atoms with van der Waals surface area (Å²) in [5.74, 6) is -1.16. The summed E-state index contributed by atoms with van der Waals surface area (Å²) >= 11 is 0. The monoisotopic (exact) mass is 156 g/mol. The Morgan fingerprint density at radius 2 is 1.50 bits per heavy atom. The van der Waals surface area contributed by atoms with Crippen LogP contribution in [0.2, 0.25) is 0 Å². The fourth-order valence-electron chi connectivity index (χ4n) is 0.262. The van der Waals surface area contributed by atoms with Gasteiger partial charge in [-0.3, -0.25) is 9.59 Å². The van der Waals surface area contributed by atoms with E-state index in [0.29, 0.717) is 0 Å². The molecule has 0 fully saturated rings. The van der Waals surface area contributed by atoms with Crippen LogP contribution in [-0.4, -0.2) is 26.2 Å². The van der Waals surface area contributed by atoms with E-state index < -0.39 is 11.9 Å². The summed E-state index contributed by atoms with van der Waals surface area (Å²) in [7, 11) is 2.43. The zero-order chi connectivity index (χ0) is 7.28. The number of ether oxygens (including phenoxy) is 2. The van der Waals surface area contributed by atoms with Crippen LogP contribution in [0.25, 0.3) is 0 Å². The Hall–Kier alpha value is -0.0600. The summed E-state index contributed by atoms with van der Waals surface area (Å²) in [5, 5.41) is 0. The van der Waals surface area contributed by atoms with Gasteiger partial charge in [0, 0.05) is 0 Å². The van der Waals surface area contributed by atoms with E-state index in [9.17, 15) is 9.59 Å². The third-order valence-corrected chi connectivity index (χ3v) is 0.744. The van der Waals surface area contributed by atoms with E-state index in [4.69, 9.17) is 0 Å². The number of hydrogen-bond acceptors (Lipinski definition) is 4. The number of esters is 2. The maximum absolute atomic E-state index is 10.3. The van der Waals surface area contributed by atoms with Crippen molar-refractivity contribution in [3.63, 3.8) is 0 Å². The standard InChI is InChI=1S/C5H8O4.Na.H/c1-8-4(6)3-5(7)9-2;;/h3H2,1-2H3;;/q;+1;-1. The van der Waals surface area contributed by atoms with Crippen LogP contribution in [0.15, 0.2) is 0 Å². The van der Waals surface area contributed by atoms with E-state index in [1.165, 1.54) is 14.2 Å². The van der Waals surface area contributed by atoms with Gasteiger partial charge < -0.3 is 10.9 Å². The van der Waals surface area contributed by atoms with Crippen molar-refractivity contribution in [3.05, 3.63) is 0 Å². The van der Waals surface area contributed by atoms with Crippen molar-refractivity contribution >= 4 is 11.9 Å². The molecule has 0 saturated heterocycles. The average Bonchev–Trinajstić information content (AvgIpc) is 1.87. The van der Waals surface area contributed by atoms with E-state index in [1.54, 1.807) is 0 Å². The molecule has 5 heteroatoms. The van der Waals surface area contributed by atoms with Crippen molar-refractivity contribution in [2.45, 2.75) is 6.42 Å². The molecule has 4 nitrogen and oxygen atoms in total. The van der Waals surface area contributed by atoms with Gasteiger partial charge in [0.25, 0.3) is 0 Å². The zero-order valence-corrected chi connectivity index (χ0v) is 8.34. The van der Waals surface area contributed by atoms with E-state index in [0.717, 1.165) is 0 Å². The maximum atomic E-state index is 10.3. The van der Waals surface area contributed by atoms with Crippen molar-refractivity contribution in [2.75, 3.05) is 14.2 Å². The molecule has 10 heavy (non-hydrogen) atoms. The van der Waals surface area contributed by atoms with Gasteiger partial charge in [0.1, 0.15) is 6.42 Å². The topological polar surface area (TPSA) is 52.6 Å². The second kappa shape index (κ2) is 7.05. The van der Waals surface area contributed by atoms with Gasteiger partial charge in [0.2, 0.25) is 0 Å². The molecule has 0 spiro atoms. The Balaban J connectivity index is -0.000000320. The first-order chi connectivity index (χ1) is 4.20. The molecule has 0 aliphatic carbocycles. The van der Waals surface area contributed by atoms with Gasteiger partial charge in [-0.1, -0.05) is 0 Å². The Kier molecular flexibility index (Phi) is 8.89. The molecular formula is C5H9NaO4. The van der Waals surface area contributed by atoms with Crippen molar-refractivity contribution < 1.29 is 50.0 Å². The predicted octanol–water partition coefficient (Wildman–Crippen LogP) is -3.16. The number of carbonyl (C=O) groups excluding carboxylic acids is 2. The number of hydrogen-bond donors (Lipinski definition) is 0. The van der Waals surface area contributed by atoms with Crippen molar-refractivity contribution in [3.8, 4) is 0 Å². The number of rotatable bonds is 2. The van der Waals surface area contributed by atoms with Crippen LogP contribution in [0.1, 0.15) is 7.85 Å². The molecule has 0 aliphatic rings. The first-order valence-electron chi connectivity index (χ1n) is 2.34. The number of carbonyl (C=O) groups is 2. The van der Waals surface area contributed by atoms with Crippen LogP contribution in [0.5, 0.6) is 0 Å². The third kappa shape index (κ3) is 6.07. The minimum atomic E-state index is -0.582. The van der Waals surface area contributed by atoms with Crippen LogP contribution in [0.4, 0.5) is 0 Å². The molecule has 54 valence electrons. The van der Waals surface area contributed by atoms with Crippen LogP contribution in [-0.2, 0) is 19.1 Å². The molecule has 0 rings (SSSR count). The molecule has 0 bridgehead atoms. The molecular weight excluding hydrogens is 147 g/mol. The largest absolute Gasteiger partial charge is 1.00 e. The quantitative estimate of drug-likeness (QED) is 0.240. The molecule has 0 aromatic heterocycles. The smallest absolute Gasteiger partial charge is 1.00 e. The summed E-state index contributed by atoms with van der Waals surface area (Å²) in [6.07, 6.45) is -0.312. The molecule has 0 aromatic rings. The van der Waals surface area contributed by atoms with Gasteiger partial charge in [-0.05, 0) is 0 Å². The van der Waals surface area contributed by atoms with Crippen molar-refractivity contribution in [1.29, 1.82) is 0 Å². The van der Waals surface area contributed by atoms with Crippen LogP contribution in [0, 0.1) is 0 Å². The van der Waals surface area contributed by atoms with Crippen LogP contribution >= 0.6 is 0 Å². The summed E-state index contributed by atoms with van der Waals surface area (Å²) < 4.78 is 8.37. The number of methoxy groups -OCH3 is 2. The first-order valence-corrected chi connectivity index (χ1v) is 2.34. The summed E-state index contributed by atoms with van der Waals surface area (Å²) in [6.45, 7) is 0. The van der Waals surface area contributed by atoms with Gasteiger partial charge in [-0.15, -0.1) is 0 Å². The van der Waals surface area contributed by atoms with E-state index in [1.807, 2.05) is 0 Å². The second-order valence-corrected chi connectivity index (χ2v) is 1.33. The second-order valence-electron chi connectivity index (χ2n) is 1.33. The molecule has 0 N–H and O–H groups in total. The zero-order valence-electron chi connectivity index (χ0n) is 7.34. The molecule has 0 aromatic carbocycles. The SMILES string of the molecule is COC(=O)CC(=O)OC.[H-].[Na+]. The van der Waals surface area contributed by atoms with Crippen LogP contribution < -0.4 is 29.6 Å². The Labute approximate surface area is 82.6 Å². The normalized spacial score (nSPS) is 7.40. The fourth-order valence-corrected chi connectivity index (χ4v) is 0.262. The molecule has 0 saturated carbocycles. The van der Waals surface area contributed by atoms with Crippen molar-refractivity contribution in [1.82, 2.24) is 0 Å². The maximum Gasteiger partial charge on any atom is 1.00 e. The summed E-state index contributed by atoms with van der Waals surface area (Å²) in [5.41, 5.74) is 0. The molecule has 0 radical (unpaired) electrons. The van der Waals surface area contributed by atoms with Gasteiger partial charge in [0.15, 0.2) is 0 Å². The third-order valence-electron chi connectivity index (χ3n) is 0.744. The predicted molar refractivity (Wildman–Crippen MR) is 29.8 cm³/mol. The first kappa shape index (κ1) is 12.6. The fraction of sp³-hybridized carbons (Fsp3) is 0.600. The minimum absolute atomic E-state index is 0. The Bertz CT molecular complexity index is 114. The molecule has 0 aliphatic heterocycles. The molecule has 0 atom stereocenters. The van der Waals surface area contributed by atoms with Gasteiger partial charge in [-0.25, -0.2) is 0 Å². The Morgan fingerprint density at radius 3 is 1.70 bits per heavy atom. The molecule has 0 heterocycles. The minimum Gasteiger partial charge on any atom is -1.00 e. The van der Waals surface area contributed by atoms with E-state index in [2.05, 4.69) is 9.47 Å². The van der Waals surface area contributed by atoms with Crippen molar-refractivity contribution in [2.24, 2.45) is 0 Å². The molecule has 0 unspecified atom stereocenters. The van der Waals surface area contributed by atoms with Gasteiger partial charge in [-0.2, -0.15) is 0 Å². The van der Waals surface area contributed by atoms with Crippen LogP contribution in [0.3, 0.4) is 0 Å². The summed E-state index contributed by atoms with van der Waals surface area (Å²) in [6, 6.07) is 0. The van der Waals surface area contributed by atoms with Gasteiger partial charge >= 0.3 is 41.5 Å². The van der Waals surface area contributed by atoms with E-state index >= 15 is 0 Å². The summed E-state index contributed by atoms with van der Waals surface area (Å²) in [4.78, 5) is 20.5.